The minimum atomic E-state index is 0.722. The Kier molecular flexibility index (Phi) is 5.86. The summed E-state index contributed by atoms with van der Waals surface area (Å²) in [6, 6.07) is 21.1. The van der Waals surface area contributed by atoms with Crippen LogP contribution >= 0.6 is 0 Å². The van der Waals surface area contributed by atoms with Gasteiger partial charge in [-0.05, 0) is 28.0 Å². The first-order chi connectivity index (χ1) is 13.4. The Hall–Kier alpha value is -2.57. The van der Waals surface area contributed by atoms with Crippen LogP contribution in [0.25, 0.3) is 0 Å². The van der Waals surface area contributed by atoms with Gasteiger partial charge in [-0.3, -0.25) is 4.90 Å². The maximum Gasteiger partial charge on any atom is 0.165 e. The molecule has 140 valence electrons. The van der Waals surface area contributed by atoms with Crippen molar-refractivity contribution in [3.63, 3.8) is 0 Å². The number of hydrogen-bond donors (Lipinski definition) is 0. The summed E-state index contributed by atoms with van der Waals surface area (Å²) in [7, 11) is 0. The van der Waals surface area contributed by atoms with Gasteiger partial charge in [-0.15, -0.1) is 5.10 Å². The molecule has 0 atom stereocenters. The summed E-state index contributed by atoms with van der Waals surface area (Å²) in [5.74, 6) is 0.941. The van der Waals surface area contributed by atoms with Crippen LogP contribution in [0, 0.1) is 0 Å². The van der Waals surface area contributed by atoms with E-state index in [9.17, 15) is 0 Å². The number of benzene rings is 2. The Bertz CT molecular complexity index is 809. The molecule has 0 radical (unpaired) electrons. The lowest BCUT2D eigenvalue weighted by Crippen LogP contribution is -2.46. The largest absolute Gasteiger partial charge is 0.300 e. The fraction of sp³-hybridized carbons (Fsp3) is 0.381. The van der Waals surface area contributed by atoms with Crippen LogP contribution in [0.15, 0.2) is 60.7 Å². The molecule has 4 rings (SSSR count). The molecule has 0 spiro atoms. The molecule has 1 aliphatic rings. The van der Waals surface area contributed by atoms with Gasteiger partial charge in [-0.25, -0.2) is 4.68 Å². The molecule has 0 amide bonds. The Labute approximate surface area is 160 Å². The normalized spacial score (nSPS) is 15.9. The average molecular weight is 362 g/mol. The third kappa shape index (κ3) is 4.99. The molecule has 0 N–H and O–H groups in total. The van der Waals surface area contributed by atoms with Crippen molar-refractivity contribution in [1.29, 1.82) is 0 Å². The summed E-state index contributed by atoms with van der Waals surface area (Å²) < 4.78 is 1.91. The van der Waals surface area contributed by atoms with Gasteiger partial charge in [0, 0.05) is 32.7 Å². The fourth-order valence-electron chi connectivity index (χ4n) is 3.52. The van der Waals surface area contributed by atoms with Crippen LogP contribution in [0.2, 0.25) is 0 Å². The van der Waals surface area contributed by atoms with Gasteiger partial charge in [0.05, 0.1) is 13.1 Å². The highest BCUT2D eigenvalue weighted by Crippen LogP contribution is 2.09. The van der Waals surface area contributed by atoms with E-state index < -0.39 is 0 Å². The van der Waals surface area contributed by atoms with Crippen molar-refractivity contribution in [2.24, 2.45) is 0 Å². The zero-order chi connectivity index (χ0) is 18.3. The van der Waals surface area contributed by atoms with Crippen LogP contribution in [0.1, 0.15) is 17.0 Å². The molecule has 1 aromatic heterocycles. The van der Waals surface area contributed by atoms with E-state index in [-0.39, 0.29) is 0 Å². The van der Waals surface area contributed by atoms with Crippen molar-refractivity contribution in [2.75, 3.05) is 32.7 Å². The summed E-state index contributed by atoms with van der Waals surface area (Å²) >= 11 is 0. The predicted molar refractivity (Wildman–Crippen MR) is 105 cm³/mol. The van der Waals surface area contributed by atoms with Crippen molar-refractivity contribution < 1.29 is 0 Å². The minimum Gasteiger partial charge on any atom is -0.300 e. The lowest BCUT2D eigenvalue weighted by atomic mass is 10.1. The molecule has 27 heavy (non-hydrogen) atoms. The first kappa shape index (κ1) is 17.8. The molecule has 1 aliphatic heterocycles. The van der Waals surface area contributed by atoms with E-state index >= 15 is 0 Å². The number of aromatic nitrogens is 4. The van der Waals surface area contributed by atoms with Gasteiger partial charge in [0.1, 0.15) is 0 Å². The van der Waals surface area contributed by atoms with Crippen LogP contribution < -0.4 is 0 Å². The van der Waals surface area contributed by atoms with Gasteiger partial charge in [0.2, 0.25) is 0 Å². The van der Waals surface area contributed by atoms with E-state index in [0.717, 1.165) is 58.1 Å². The van der Waals surface area contributed by atoms with E-state index in [1.807, 2.05) is 22.9 Å². The molecular weight excluding hydrogens is 336 g/mol. The van der Waals surface area contributed by atoms with Crippen LogP contribution in [0.5, 0.6) is 0 Å². The quantitative estimate of drug-likeness (QED) is 0.644. The Balaban J connectivity index is 1.26. The summed E-state index contributed by atoms with van der Waals surface area (Å²) in [5.41, 5.74) is 2.64. The monoisotopic (exact) mass is 362 g/mol. The zero-order valence-electron chi connectivity index (χ0n) is 15.6. The van der Waals surface area contributed by atoms with Crippen LogP contribution in [0.3, 0.4) is 0 Å². The third-order valence-corrected chi connectivity index (χ3v) is 5.17. The van der Waals surface area contributed by atoms with Crippen molar-refractivity contribution in [2.45, 2.75) is 19.5 Å². The highest BCUT2D eigenvalue weighted by atomic mass is 15.5. The molecule has 1 saturated heterocycles. The smallest absolute Gasteiger partial charge is 0.165 e. The molecule has 0 saturated carbocycles. The van der Waals surface area contributed by atoms with E-state index in [0.29, 0.717) is 0 Å². The van der Waals surface area contributed by atoms with E-state index in [1.54, 1.807) is 0 Å². The SMILES string of the molecule is c1ccc(CCN2CCN(Cc3nnnn3Cc3ccccc3)CC2)cc1. The summed E-state index contributed by atoms with van der Waals surface area (Å²) in [4.78, 5) is 5.00. The van der Waals surface area contributed by atoms with E-state index in [1.165, 1.54) is 11.1 Å². The fourth-order valence-corrected chi connectivity index (χ4v) is 3.52. The molecule has 6 nitrogen and oxygen atoms in total. The van der Waals surface area contributed by atoms with Gasteiger partial charge in [0.15, 0.2) is 5.82 Å². The molecule has 2 aromatic carbocycles. The topological polar surface area (TPSA) is 50.1 Å². The first-order valence-corrected chi connectivity index (χ1v) is 9.64. The van der Waals surface area contributed by atoms with Crippen LogP contribution in [-0.4, -0.2) is 62.7 Å². The lowest BCUT2D eigenvalue weighted by Gasteiger charge is -2.34. The van der Waals surface area contributed by atoms with Crippen LogP contribution in [0.4, 0.5) is 0 Å². The maximum absolute atomic E-state index is 4.25. The lowest BCUT2D eigenvalue weighted by molar-refractivity contribution is 0.124. The first-order valence-electron chi connectivity index (χ1n) is 9.64. The number of tetrazole rings is 1. The van der Waals surface area contributed by atoms with Crippen molar-refractivity contribution >= 4 is 0 Å². The minimum absolute atomic E-state index is 0.722. The molecule has 2 heterocycles. The molecule has 0 unspecified atom stereocenters. The summed E-state index contributed by atoms with van der Waals surface area (Å²) in [6.45, 7) is 7.00. The van der Waals surface area contributed by atoms with E-state index in [2.05, 4.69) is 67.8 Å². The average Bonchev–Trinajstić information content (AvgIpc) is 3.15. The molecular formula is C21H26N6. The zero-order valence-corrected chi connectivity index (χ0v) is 15.6. The number of nitrogens with zero attached hydrogens (tertiary/aromatic N) is 6. The highest BCUT2D eigenvalue weighted by molar-refractivity contribution is 5.15. The molecule has 0 bridgehead atoms. The van der Waals surface area contributed by atoms with E-state index in [4.69, 9.17) is 0 Å². The van der Waals surface area contributed by atoms with Crippen molar-refractivity contribution in [3.8, 4) is 0 Å². The van der Waals surface area contributed by atoms with Gasteiger partial charge in [-0.2, -0.15) is 0 Å². The van der Waals surface area contributed by atoms with Crippen molar-refractivity contribution in [1.82, 2.24) is 30.0 Å². The van der Waals surface area contributed by atoms with Crippen LogP contribution in [-0.2, 0) is 19.5 Å². The maximum atomic E-state index is 4.25. The second kappa shape index (κ2) is 8.88. The Morgan fingerprint density at radius 3 is 2.04 bits per heavy atom. The van der Waals surface area contributed by atoms with Gasteiger partial charge < -0.3 is 4.90 Å². The Morgan fingerprint density at radius 2 is 1.33 bits per heavy atom. The van der Waals surface area contributed by atoms with Gasteiger partial charge in [-0.1, -0.05) is 60.7 Å². The second-order valence-corrected chi connectivity index (χ2v) is 7.09. The molecule has 3 aromatic rings. The highest BCUT2D eigenvalue weighted by Gasteiger charge is 2.19. The molecule has 6 heteroatoms. The van der Waals surface area contributed by atoms with Crippen molar-refractivity contribution in [3.05, 3.63) is 77.6 Å². The third-order valence-electron chi connectivity index (χ3n) is 5.17. The van der Waals surface area contributed by atoms with Gasteiger partial charge in [0.25, 0.3) is 0 Å². The summed E-state index contributed by atoms with van der Waals surface area (Å²) in [6.07, 6.45) is 1.12. The molecule has 0 aliphatic carbocycles. The number of rotatable bonds is 7. The second-order valence-electron chi connectivity index (χ2n) is 7.09. The number of piperazine rings is 1. The predicted octanol–water partition coefficient (Wildman–Crippen LogP) is 2.08. The number of hydrogen-bond acceptors (Lipinski definition) is 5. The molecule has 1 fully saturated rings. The standard InChI is InChI=1S/C21H26N6/c1-3-7-19(8-4-1)11-12-25-13-15-26(16-14-25)18-21-22-23-24-27(21)17-20-9-5-2-6-10-20/h1-10H,11-18H2. The summed E-state index contributed by atoms with van der Waals surface area (Å²) in [5, 5.41) is 12.3. The van der Waals surface area contributed by atoms with Gasteiger partial charge >= 0.3 is 0 Å². The Morgan fingerprint density at radius 1 is 0.704 bits per heavy atom.